The van der Waals surface area contributed by atoms with Crippen LogP contribution in [0.15, 0.2) is 47.3 Å². The molecule has 3 atom stereocenters. The lowest BCUT2D eigenvalue weighted by atomic mass is 9.76. The molecule has 1 aromatic heterocycles. The van der Waals surface area contributed by atoms with Gasteiger partial charge in [0.2, 0.25) is 5.91 Å². The van der Waals surface area contributed by atoms with Crippen LogP contribution in [0.1, 0.15) is 61.7 Å². The minimum atomic E-state index is 0.0640. The van der Waals surface area contributed by atoms with E-state index in [0.29, 0.717) is 24.2 Å². The summed E-state index contributed by atoms with van der Waals surface area (Å²) in [6.45, 7) is 1.51. The van der Waals surface area contributed by atoms with Gasteiger partial charge in [-0.25, -0.2) is 0 Å². The highest BCUT2D eigenvalue weighted by Crippen LogP contribution is 2.43. The molecule has 31 heavy (non-hydrogen) atoms. The Balaban J connectivity index is 1.44. The zero-order valence-electron chi connectivity index (χ0n) is 18.3. The van der Waals surface area contributed by atoms with Crippen LogP contribution < -0.4 is 10.3 Å². The molecule has 3 heterocycles. The highest BCUT2D eigenvalue weighted by Gasteiger charge is 2.42. The molecule has 1 saturated heterocycles. The summed E-state index contributed by atoms with van der Waals surface area (Å²) in [6, 6.07) is 13.8. The maximum absolute atomic E-state index is 13.2. The van der Waals surface area contributed by atoms with Crippen LogP contribution in [-0.4, -0.2) is 35.6 Å². The Bertz CT molecular complexity index is 1010. The van der Waals surface area contributed by atoms with Gasteiger partial charge in [-0.15, -0.1) is 0 Å². The third-order valence-corrected chi connectivity index (χ3v) is 7.67. The lowest BCUT2D eigenvalue weighted by molar-refractivity contribution is -0.135. The Morgan fingerprint density at radius 3 is 2.71 bits per heavy atom. The number of amides is 1. The van der Waals surface area contributed by atoms with Crippen molar-refractivity contribution in [2.75, 3.05) is 20.2 Å². The van der Waals surface area contributed by atoms with E-state index in [9.17, 15) is 9.59 Å². The fraction of sp³-hybridized carbons (Fsp3) is 0.538. The van der Waals surface area contributed by atoms with Crippen LogP contribution in [0.4, 0.5) is 0 Å². The summed E-state index contributed by atoms with van der Waals surface area (Å²) in [6.07, 6.45) is 7.44. The van der Waals surface area contributed by atoms with Gasteiger partial charge in [0.25, 0.3) is 5.56 Å². The number of likely N-dealkylation sites (tertiary alicyclic amines) is 1. The van der Waals surface area contributed by atoms with Crippen LogP contribution in [0.2, 0.25) is 0 Å². The SMILES string of the molecule is COc1cccc(C[C@H]2[C@H]3C[C@H](CN(C(=O)CC4CCCC4)C3)c3cccc(=O)n32)c1. The maximum atomic E-state index is 13.2. The lowest BCUT2D eigenvalue weighted by Gasteiger charge is -2.47. The Kier molecular flexibility index (Phi) is 5.59. The number of pyridine rings is 1. The van der Waals surface area contributed by atoms with Crippen molar-refractivity contribution in [3.8, 4) is 5.75 Å². The van der Waals surface area contributed by atoms with Crippen molar-refractivity contribution in [1.82, 2.24) is 9.47 Å². The van der Waals surface area contributed by atoms with Crippen LogP contribution in [0.25, 0.3) is 0 Å². The van der Waals surface area contributed by atoms with Gasteiger partial charge in [-0.1, -0.05) is 31.0 Å². The quantitative estimate of drug-likeness (QED) is 0.730. The summed E-state index contributed by atoms with van der Waals surface area (Å²) in [5.41, 5.74) is 2.33. The van der Waals surface area contributed by atoms with E-state index in [1.165, 1.54) is 31.2 Å². The number of rotatable bonds is 5. The molecule has 2 aromatic rings. The number of hydrogen-bond donors (Lipinski definition) is 0. The van der Waals surface area contributed by atoms with Crippen LogP contribution >= 0.6 is 0 Å². The van der Waals surface area contributed by atoms with Crippen molar-refractivity contribution >= 4 is 5.91 Å². The van der Waals surface area contributed by atoms with Gasteiger partial charge in [0.1, 0.15) is 5.75 Å². The van der Waals surface area contributed by atoms with Crippen molar-refractivity contribution in [2.24, 2.45) is 11.8 Å². The third-order valence-electron chi connectivity index (χ3n) is 7.67. The van der Waals surface area contributed by atoms with Gasteiger partial charge in [0.05, 0.1) is 7.11 Å². The maximum Gasteiger partial charge on any atom is 0.251 e. The predicted octanol–water partition coefficient (Wildman–Crippen LogP) is 4.17. The van der Waals surface area contributed by atoms with Crippen LogP contribution in [0.3, 0.4) is 0 Å². The standard InChI is InChI=1S/C26H32N2O3/c1-31-22-9-4-8-19(12-22)13-24-21-15-20(23-10-5-11-25(29)28(23)24)16-27(17-21)26(30)14-18-6-2-3-7-18/h4-5,8-12,18,20-21,24H,2-3,6-7,13-17H2,1H3/t20-,21+,24+/m1/s1. The van der Waals surface area contributed by atoms with E-state index in [1.807, 2.05) is 22.8 Å². The third kappa shape index (κ3) is 4.02. The first-order valence-corrected chi connectivity index (χ1v) is 11.7. The minimum absolute atomic E-state index is 0.0640. The van der Waals surface area contributed by atoms with Crippen molar-refractivity contribution in [3.63, 3.8) is 0 Å². The second-order valence-corrected chi connectivity index (χ2v) is 9.63. The topological polar surface area (TPSA) is 51.5 Å². The molecule has 0 unspecified atom stereocenters. The molecule has 0 radical (unpaired) electrons. The summed E-state index contributed by atoms with van der Waals surface area (Å²) in [5, 5.41) is 0. The molecule has 0 spiro atoms. The van der Waals surface area contributed by atoms with Gasteiger partial charge in [-0.2, -0.15) is 0 Å². The number of aromatic nitrogens is 1. The number of ether oxygens (including phenoxy) is 1. The molecular weight excluding hydrogens is 388 g/mol. The van der Waals surface area contributed by atoms with E-state index in [0.717, 1.165) is 37.4 Å². The molecule has 5 heteroatoms. The average molecular weight is 421 g/mol. The monoisotopic (exact) mass is 420 g/mol. The molecule has 5 nitrogen and oxygen atoms in total. The first-order chi connectivity index (χ1) is 15.1. The molecule has 164 valence electrons. The molecule has 2 aliphatic heterocycles. The number of hydrogen-bond acceptors (Lipinski definition) is 3. The zero-order chi connectivity index (χ0) is 21.4. The fourth-order valence-corrected chi connectivity index (χ4v) is 6.14. The molecule has 3 aliphatic rings. The smallest absolute Gasteiger partial charge is 0.251 e. The van der Waals surface area contributed by atoms with E-state index >= 15 is 0 Å². The second-order valence-electron chi connectivity index (χ2n) is 9.63. The van der Waals surface area contributed by atoms with Gasteiger partial charge in [0.15, 0.2) is 0 Å². The summed E-state index contributed by atoms with van der Waals surface area (Å²) in [4.78, 5) is 28.2. The van der Waals surface area contributed by atoms with Crippen LogP contribution in [0.5, 0.6) is 5.75 Å². The number of fused-ring (bicyclic) bond motifs is 4. The number of benzene rings is 1. The van der Waals surface area contributed by atoms with E-state index in [1.54, 1.807) is 13.2 Å². The molecule has 2 bridgehead atoms. The van der Waals surface area contributed by atoms with Crippen LogP contribution in [0, 0.1) is 11.8 Å². The highest BCUT2D eigenvalue weighted by molar-refractivity contribution is 5.76. The summed E-state index contributed by atoms with van der Waals surface area (Å²) in [7, 11) is 1.68. The van der Waals surface area contributed by atoms with E-state index in [2.05, 4.69) is 23.1 Å². The highest BCUT2D eigenvalue weighted by atomic mass is 16.5. The number of nitrogens with zero attached hydrogens (tertiary/aromatic N) is 2. The molecule has 1 amide bonds. The van der Waals surface area contributed by atoms with Gasteiger partial charge < -0.3 is 14.2 Å². The average Bonchev–Trinajstić information content (AvgIpc) is 3.30. The van der Waals surface area contributed by atoms with Gasteiger partial charge in [-0.3, -0.25) is 9.59 Å². The molecular formula is C26H32N2O3. The van der Waals surface area contributed by atoms with Crippen molar-refractivity contribution in [1.29, 1.82) is 0 Å². The minimum Gasteiger partial charge on any atom is -0.497 e. The predicted molar refractivity (Wildman–Crippen MR) is 120 cm³/mol. The molecule has 1 aliphatic carbocycles. The van der Waals surface area contributed by atoms with Crippen molar-refractivity contribution in [2.45, 2.75) is 56.9 Å². The number of methoxy groups -OCH3 is 1. The summed E-state index contributed by atoms with van der Waals surface area (Å²) < 4.78 is 7.43. The Morgan fingerprint density at radius 2 is 1.90 bits per heavy atom. The van der Waals surface area contributed by atoms with E-state index in [4.69, 9.17) is 4.74 Å². The lowest BCUT2D eigenvalue weighted by Crippen LogP contribution is -2.51. The molecule has 1 aromatic carbocycles. The summed E-state index contributed by atoms with van der Waals surface area (Å²) in [5.74, 6) is 2.26. The Hall–Kier alpha value is -2.56. The number of carbonyl (C=O) groups is 1. The summed E-state index contributed by atoms with van der Waals surface area (Å²) >= 11 is 0. The van der Waals surface area contributed by atoms with Crippen molar-refractivity contribution in [3.05, 3.63) is 64.1 Å². The first-order valence-electron chi connectivity index (χ1n) is 11.7. The molecule has 0 N–H and O–H groups in total. The number of piperidine rings is 1. The largest absolute Gasteiger partial charge is 0.497 e. The fourth-order valence-electron chi connectivity index (χ4n) is 6.14. The Labute approximate surface area is 184 Å². The van der Waals surface area contributed by atoms with Gasteiger partial charge in [0, 0.05) is 43.2 Å². The Morgan fingerprint density at radius 1 is 1.10 bits per heavy atom. The normalized spacial score (nSPS) is 25.3. The number of carbonyl (C=O) groups excluding carboxylic acids is 1. The van der Waals surface area contributed by atoms with Gasteiger partial charge >= 0.3 is 0 Å². The first kappa shape index (κ1) is 20.3. The van der Waals surface area contributed by atoms with Crippen LogP contribution in [-0.2, 0) is 11.2 Å². The van der Waals surface area contributed by atoms with Gasteiger partial charge in [-0.05, 0) is 61.3 Å². The zero-order valence-corrected chi connectivity index (χ0v) is 18.3. The van der Waals surface area contributed by atoms with E-state index in [-0.39, 0.29) is 17.5 Å². The molecule has 5 rings (SSSR count). The van der Waals surface area contributed by atoms with E-state index < -0.39 is 0 Å². The van der Waals surface area contributed by atoms with Crippen molar-refractivity contribution < 1.29 is 9.53 Å². The molecule has 1 saturated carbocycles. The second kappa shape index (κ2) is 8.52. The molecule has 2 fully saturated rings.